The molecule has 1 saturated carbocycles. The fraction of sp³-hybridized carbons (Fsp3) is 0.500. The number of nitrogens with zero attached hydrogens (tertiary/aromatic N) is 3. The van der Waals surface area contributed by atoms with Crippen molar-refractivity contribution in [3.05, 3.63) is 97.1 Å². The van der Waals surface area contributed by atoms with E-state index in [2.05, 4.69) is 13.2 Å². The van der Waals surface area contributed by atoms with Crippen LogP contribution in [0.15, 0.2) is 86.0 Å². The Bertz CT molecular complexity index is 1410. The molecule has 3 saturated heterocycles. The van der Waals surface area contributed by atoms with Gasteiger partial charge in [0.15, 0.2) is 0 Å². The molecule has 3 heterocycles. The number of carbonyl (C=O) groups excluding carboxylic acids is 3. The summed E-state index contributed by atoms with van der Waals surface area (Å²) < 4.78 is 6.80. The zero-order valence-electron chi connectivity index (χ0n) is 26.7. The molecule has 1 N–H and O–H groups in total. The number of hydrogen-bond donors (Lipinski definition) is 1. The molecular weight excluding hydrogens is 578 g/mol. The van der Waals surface area contributed by atoms with Crippen LogP contribution in [0.5, 0.6) is 0 Å². The summed E-state index contributed by atoms with van der Waals surface area (Å²) in [5.74, 6) is -2.11. The minimum absolute atomic E-state index is 0.0540. The molecule has 8 nitrogen and oxygen atoms in total. The summed E-state index contributed by atoms with van der Waals surface area (Å²) >= 11 is 0. The molecule has 244 valence electrons. The lowest BCUT2D eigenvalue weighted by Gasteiger charge is -2.42. The van der Waals surface area contributed by atoms with Gasteiger partial charge in [-0.3, -0.25) is 14.4 Å². The lowest BCUT2D eigenvalue weighted by atomic mass is 9.70. The van der Waals surface area contributed by atoms with Crippen molar-refractivity contribution in [2.75, 3.05) is 19.7 Å². The number of fused-ring (bicyclic) bond motifs is 1. The minimum Gasteiger partial charge on any atom is -0.394 e. The zero-order valence-corrected chi connectivity index (χ0v) is 26.7. The van der Waals surface area contributed by atoms with E-state index in [4.69, 9.17) is 4.74 Å². The van der Waals surface area contributed by atoms with Crippen molar-refractivity contribution in [1.82, 2.24) is 14.7 Å². The van der Waals surface area contributed by atoms with Crippen LogP contribution in [0.1, 0.15) is 56.1 Å². The number of hydrogen-bond acceptors (Lipinski definition) is 5. The molecule has 46 heavy (non-hydrogen) atoms. The Balaban J connectivity index is 1.39. The highest BCUT2D eigenvalue weighted by Gasteiger charge is 2.75. The average Bonchev–Trinajstić information content (AvgIpc) is 3.74. The molecule has 2 aromatic carbocycles. The number of aliphatic hydroxyl groups is 1. The van der Waals surface area contributed by atoms with Crippen molar-refractivity contribution in [2.24, 2.45) is 11.8 Å². The molecule has 6 rings (SSSR count). The van der Waals surface area contributed by atoms with Crippen LogP contribution >= 0.6 is 0 Å². The number of aliphatic hydroxyl groups excluding tert-OH is 1. The molecule has 1 aliphatic carbocycles. The first-order valence-corrected chi connectivity index (χ1v) is 16.9. The summed E-state index contributed by atoms with van der Waals surface area (Å²) in [5.41, 5.74) is 0.812. The van der Waals surface area contributed by atoms with E-state index in [1.54, 1.807) is 22.0 Å². The van der Waals surface area contributed by atoms with Crippen molar-refractivity contribution in [3.63, 3.8) is 0 Å². The topological polar surface area (TPSA) is 90.4 Å². The predicted molar refractivity (Wildman–Crippen MR) is 176 cm³/mol. The number of rotatable bonds is 13. The van der Waals surface area contributed by atoms with Crippen LogP contribution in [0.25, 0.3) is 0 Å². The normalized spacial score (nSPS) is 27.7. The van der Waals surface area contributed by atoms with Crippen molar-refractivity contribution >= 4 is 17.7 Å². The summed E-state index contributed by atoms with van der Waals surface area (Å²) in [7, 11) is 0. The van der Waals surface area contributed by atoms with E-state index in [1.807, 2.05) is 65.6 Å². The molecule has 2 bridgehead atoms. The first-order chi connectivity index (χ1) is 22.4. The van der Waals surface area contributed by atoms with Crippen molar-refractivity contribution in [2.45, 2.75) is 87.7 Å². The maximum absolute atomic E-state index is 15.0. The quantitative estimate of drug-likeness (QED) is 0.331. The third-order valence-corrected chi connectivity index (χ3v) is 10.7. The van der Waals surface area contributed by atoms with Gasteiger partial charge in [-0.25, -0.2) is 0 Å². The highest BCUT2D eigenvalue weighted by atomic mass is 16.5. The van der Waals surface area contributed by atoms with E-state index in [1.165, 1.54) is 0 Å². The Kier molecular flexibility index (Phi) is 9.76. The maximum atomic E-state index is 15.0. The number of amides is 3. The van der Waals surface area contributed by atoms with Gasteiger partial charge in [0.05, 0.1) is 30.6 Å². The Morgan fingerprint density at radius 2 is 1.59 bits per heavy atom. The van der Waals surface area contributed by atoms with Gasteiger partial charge < -0.3 is 24.5 Å². The van der Waals surface area contributed by atoms with E-state index in [9.17, 15) is 19.5 Å². The van der Waals surface area contributed by atoms with Crippen LogP contribution in [0.2, 0.25) is 0 Å². The maximum Gasteiger partial charge on any atom is 0.248 e. The van der Waals surface area contributed by atoms with Gasteiger partial charge in [0.1, 0.15) is 11.6 Å². The second-order valence-corrected chi connectivity index (χ2v) is 13.4. The highest BCUT2D eigenvalue weighted by Crippen LogP contribution is 2.59. The van der Waals surface area contributed by atoms with Gasteiger partial charge >= 0.3 is 0 Å². The van der Waals surface area contributed by atoms with Crippen molar-refractivity contribution in [1.29, 1.82) is 0 Å². The van der Waals surface area contributed by atoms with E-state index in [-0.39, 0.29) is 30.4 Å². The smallest absolute Gasteiger partial charge is 0.248 e. The van der Waals surface area contributed by atoms with Gasteiger partial charge in [-0.2, -0.15) is 0 Å². The minimum atomic E-state index is -1.13. The molecule has 6 atom stereocenters. The fourth-order valence-electron chi connectivity index (χ4n) is 8.69. The summed E-state index contributed by atoms with van der Waals surface area (Å²) in [6.07, 6.45) is 9.57. The molecule has 0 aromatic heterocycles. The summed E-state index contributed by atoms with van der Waals surface area (Å²) in [4.78, 5) is 49.5. The van der Waals surface area contributed by atoms with Gasteiger partial charge in [0.25, 0.3) is 0 Å². The molecule has 4 fully saturated rings. The average molecular weight is 626 g/mol. The number of carbonyl (C=O) groups is 3. The summed E-state index contributed by atoms with van der Waals surface area (Å²) in [5, 5.41) is 10.8. The first-order valence-electron chi connectivity index (χ1n) is 16.9. The fourth-order valence-corrected chi connectivity index (χ4v) is 8.69. The van der Waals surface area contributed by atoms with Crippen LogP contribution in [0.3, 0.4) is 0 Å². The Morgan fingerprint density at radius 3 is 2.22 bits per heavy atom. The highest BCUT2D eigenvalue weighted by molar-refractivity contribution is 5.99. The second-order valence-electron chi connectivity index (χ2n) is 13.4. The van der Waals surface area contributed by atoms with E-state index in [0.717, 1.165) is 43.2 Å². The van der Waals surface area contributed by atoms with Crippen molar-refractivity contribution < 1.29 is 24.2 Å². The van der Waals surface area contributed by atoms with Crippen LogP contribution < -0.4 is 0 Å². The van der Waals surface area contributed by atoms with Crippen LogP contribution in [-0.2, 0) is 32.1 Å². The molecule has 0 radical (unpaired) electrons. The molecule has 8 heteroatoms. The predicted octanol–water partition coefficient (Wildman–Crippen LogP) is 4.53. The third kappa shape index (κ3) is 5.82. The van der Waals surface area contributed by atoms with Gasteiger partial charge in [0.2, 0.25) is 17.7 Å². The zero-order chi connectivity index (χ0) is 32.3. The Hall–Kier alpha value is -3.75. The Morgan fingerprint density at radius 1 is 0.935 bits per heavy atom. The molecule has 1 spiro atoms. The van der Waals surface area contributed by atoms with Gasteiger partial charge in [0, 0.05) is 25.7 Å². The van der Waals surface area contributed by atoms with E-state index in [0.29, 0.717) is 38.9 Å². The van der Waals surface area contributed by atoms with Crippen LogP contribution in [-0.4, -0.2) is 87.1 Å². The molecular formula is C38H47N3O5. The summed E-state index contributed by atoms with van der Waals surface area (Å²) in [6.45, 7) is 8.64. The number of benzene rings is 2. The van der Waals surface area contributed by atoms with Crippen molar-refractivity contribution in [3.8, 4) is 0 Å². The van der Waals surface area contributed by atoms with E-state index < -0.39 is 35.6 Å². The van der Waals surface area contributed by atoms with Crippen LogP contribution in [0, 0.1) is 11.8 Å². The molecule has 4 aliphatic rings. The third-order valence-electron chi connectivity index (χ3n) is 10.7. The SMILES string of the molecule is C=CCN(Cc1ccccc1)C(=O)[C@@H]1[C@@H]2CCC3(O2)C(C(=O)N(CC=C)C2CCCCC2)N([C@@H](CO)Cc2ccccc2)C(=O)[C@H]13. The largest absolute Gasteiger partial charge is 0.394 e. The van der Waals surface area contributed by atoms with Gasteiger partial charge in [-0.15, -0.1) is 13.2 Å². The standard InChI is InChI=1S/C38H47N3O5/c1-3-22-39(25-28-16-10-6-11-17-28)35(43)32-31-20-21-38(46-31)33(32)36(44)41(30(26-42)24-27-14-8-5-9-15-27)34(38)37(45)40(23-4-2)29-18-12-7-13-19-29/h3-6,8-11,14-17,29-34,42H,1-2,7,12-13,18-26H2/t30-,31+,32-,33+,34?,38?/m1/s1. The Labute approximate surface area is 272 Å². The number of likely N-dealkylation sites (tertiary alicyclic amines) is 1. The molecule has 3 aliphatic heterocycles. The molecule has 2 unspecified atom stereocenters. The molecule has 3 amide bonds. The lowest BCUT2D eigenvalue weighted by molar-refractivity contribution is -0.153. The summed E-state index contributed by atoms with van der Waals surface area (Å²) in [6, 6.07) is 18.0. The number of ether oxygens (including phenoxy) is 1. The molecule has 2 aromatic rings. The first kappa shape index (κ1) is 32.2. The van der Waals surface area contributed by atoms with E-state index >= 15 is 0 Å². The van der Waals surface area contributed by atoms with Gasteiger partial charge in [-0.05, 0) is 43.2 Å². The second kappa shape index (κ2) is 13.9. The van der Waals surface area contributed by atoms with Gasteiger partial charge in [-0.1, -0.05) is 92.1 Å². The van der Waals surface area contributed by atoms with Crippen LogP contribution in [0.4, 0.5) is 0 Å². The lowest BCUT2D eigenvalue weighted by Crippen LogP contribution is -2.60. The monoisotopic (exact) mass is 625 g/mol.